The van der Waals surface area contributed by atoms with Crippen molar-refractivity contribution in [2.75, 3.05) is 13.2 Å². The summed E-state index contributed by atoms with van der Waals surface area (Å²) >= 11 is 0. The molecule has 6 heteroatoms. The molecule has 0 amide bonds. The number of allylic oxidation sites excluding steroid dienone is 14. The standard InChI is InChI=1S/C76H134O6/c1-4-7-10-13-16-19-22-25-28-31-34-37-38-40-42-45-48-51-54-57-60-63-66-69-75(78)81-72-73(71-80-74(77)68-65-62-59-56-53-50-47-44-41-36-33-30-27-24-21-18-15-12-9-6-3)82-76(79)70-67-64-61-58-55-52-49-46-43-39-35-32-29-26-23-20-17-14-11-8-5-2/h8,11,17,20,22,25-26,29,31,34-35,39,46,49,73H,4-7,9-10,12-16,18-19,21,23-24,27-28,30,32-33,36-38,40-45,47-48,50-72H2,1-3H3/b11-8-,20-17-,25-22-,29-26-,34-31-,39-35-,49-46-. The molecule has 0 aliphatic carbocycles. The van der Waals surface area contributed by atoms with E-state index in [1.807, 2.05) is 0 Å². The van der Waals surface area contributed by atoms with Crippen molar-refractivity contribution < 1.29 is 28.6 Å². The molecule has 0 fully saturated rings. The van der Waals surface area contributed by atoms with Crippen LogP contribution in [0.3, 0.4) is 0 Å². The molecular weight excluding hydrogens is 1010 g/mol. The van der Waals surface area contributed by atoms with Crippen molar-refractivity contribution in [3.8, 4) is 0 Å². The van der Waals surface area contributed by atoms with Gasteiger partial charge in [-0.3, -0.25) is 14.4 Å². The van der Waals surface area contributed by atoms with Crippen LogP contribution in [0.5, 0.6) is 0 Å². The summed E-state index contributed by atoms with van der Waals surface area (Å²) in [6.45, 7) is 6.56. The summed E-state index contributed by atoms with van der Waals surface area (Å²) < 4.78 is 17.0. The zero-order valence-electron chi connectivity index (χ0n) is 54.5. The van der Waals surface area contributed by atoms with Gasteiger partial charge >= 0.3 is 17.9 Å². The van der Waals surface area contributed by atoms with Gasteiger partial charge in [-0.05, 0) is 96.3 Å². The SMILES string of the molecule is CC/C=C\C/C=C\C/C=C\C/C=C\C/C=C\CCCCCCCC(=O)OC(COC(=O)CCCCCCCCCCCCC/C=C\C/C=C\CCCCCCC)COC(=O)CCCCCCCCCCCCCCCCCCCCCC. The average molecular weight is 1140 g/mol. The summed E-state index contributed by atoms with van der Waals surface area (Å²) in [6.07, 6.45) is 93.1. The summed E-state index contributed by atoms with van der Waals surface area (Å²) in [7, 11) is 0. The lowest BCUT2D eigenvalue weighted by Crippen LogP contribution is -2.30. The highest BCUT2D eigenvalue weighted by Crippen LogP contribution is 2.18. The van der Waals surface area contributed by atoms with Crippen LogP contribution in [0.25, 0.3) is 0 Å². The molecule has 0 radical (unpaired) electrons. The van der Waals surface area contributed by atoms with Crippen LogP contribution in [0.2, 0.25) is 0 Å². The molecule has 0 aromatic rings. The summed E-state index contributed by atoms with van der Waals surface area (Å²) in [5.74, 6) is -0.882. The molecule has 0 saturated carbocycles. The molecule has 474 valence electrons. The largest absolute Gasteiger partial charge is 0.462 e. The van der Waals surface area contributed by atoms with E-state index in [0.717, 1.165) is 116 Å². The molecule has 1 unspecified atom stereocenters. The molecule has 82 heavy (non-hydrogen) atoms. The first-order valence-corrected chi connectivity index (χ1v) is 35.6. The minimum Gasteiger partial charge on any atom is -0.462 e. The monoisotopic (exact) mass is 1140 g/mol. The van der Waals surface area contributed by atoms with Crippen molar-refractivity contribution in [3.05, 3.63) is 85.1 Å². The quantitative estimate of drug-likeness (QED) is 0.0261. The van der Waals surface area contributed by atoms with Crippen molar-refractivity contribution in [2.24, 2.45) is 0 Å². The first-order chi connectivity index (χ1) is 40.5. The molecule has 0 saturated heterocycles. The number of carbonyl (C=O) groups is 3. The fourth-order valence-corrected chi connectivity index (χ4v) is 10.3. The Morgan fingerprint density at radius 1 is 0.256 bits per heavy atom. The number of rotatable bonds is 65. The van der Waals surface area contributed by atoms with Gasteiger partial charge in [0.2, 0.25) is 0 Å². The maximum Gasteiger partial charge on any atom is 0.306 e. The topological polar surface area (TPSA) is 78.9 Å². The molecule has 0 aromatic carbocycles. The Labute approximate surface area is 509 Å². The van der Waals surface area contributed by atoms with Crippen LogP contribution in [-0.2, 0) is 28.6 Å². The van der Waals surface area contributed by atoms with Crippen molar-refractivity contribution in [1.82, 2.24) is 0 Å². The van der Waals surface area contributed by atoms with Crippen LogP contribution in [0.15, 0.2) is 85.1 Å². The first kappa shape index (κ1) is 78.6. The maximum atomic E-state index is 13.0. The van der Waals surface area contributed by atoms with Crippen LogP contribution < -0.4 is 0 Å². The lowest BCUT2D eigenvalue weighted by molar-refractivity contribution is -0.167. The fourth-order valence-electron chi connectivity index (χ4n) is 10.3. The molecule has 6 nitrogen and oxygen atoms in total. The van der Waals surface area contributed by atoms with E-state index in [0.29, 0.717) is 19.3 Å². The van der Waals surface area contributed by atoms with Gasteiger partial charge in [-0.2, -0.15) is 0 Å². The number of hydrogen-bond donors (Lipinski definition) is 0. The van der Waals surface area contributed by atoms with Gasteiger partial charge in [0.1, 0.15) is 13.2 Å². The highest BCUT2D eigenvalue weighted by molar-refractivity contribution is 5.71. The summed E-state index contributed by atoms with van der Waals surface area (Å²) in [6, 6.07) is 0. The normalized spacial score (nSPS) is 12.6. The Morgan fingerprint density at radius 2 is 0.476 bits per heavy atom. The molecule has 0 aliphatic rings. The molecule has 0 aliphatic heterocycles. The number of hydrogen-bond acceptors (Lipinski definition) is 6. The number of carbonyl (C=O) groups excluding carboxylic acids is 3. The van der Waals surface area contributed by atoms with Crippen LogP contribution in [0.1, 0.15) is 361 Å². The number of ether oxygens (including phenoxy) is 3. The van der Waals surface area contributed by atoms with E-state index in [4.69, 9.17) is 14.2 Å². The molecular formula is C76H134O6. The second-order valence-corrected chi connectivity index (χ2v) is 23.8. The summed E-state index contributed by atoms with van der Waals surface area (Å²) in [5.41, 5.74) is 0. The van der Waals surface area contributed by atoms with Crippen molar-refractivity contribution in [3.63, 3.8) is 0 Å². The third kappa shape index (κ3) is 67.4. The van der Waals surface area contributed by atoms with E-state index in [9.17, 15) is 14.4 Å². The van der Waals surface area contributed by atoms with Gasteiger partial charge in [-0.1, -0.05) is 331 Å². The van der Waals surface area contributed by atoms with Gasteiger partial charge in [0.15, 0.2) is 6.10 Å². The first-order valence-electron chi connectivity index (χ1n) is 35.6. The van der Waals surface area contributed by atoms with Crippen molar-refractivity contribution in [1.29, 1.82) is 0 Å². The zero-order chi connectivity index (χ0) is 59.2. The Morgan fingerprint density at radius 3 is 0.744 bits per heavy atom. The van der Waals surface area contributed by atoms with Crippen LogP contribution in [0.4, 0.5) is 0 Å². The van der Waals surface area contributed by atoms with Crippen molar-refractivity contribution >= 4 is 17.9 Å². The summed E-state index contributed by atoms with van der Waals surface area (Å²) in [5, 5.41) is 0. The molecule has 0 spiro atoms. The van der Waals surface area contributed by atoms with Crippen LogP contribution in [-0.4, -0.2) is 37.2 Å². The number of esters is 3. The molecule has 0 N–H and O–H groups in total. The van der Waals surface area contributed by atoms with E-state index in [1.165, 1.54) is 205 Å². The van der Waals surface area contributed by atoms with Gasteiger partial charge < -0.3 is 14.2 Å². The molecule has 0 aromatic heterocycles. The van der Waals surface area contributed by atoms with Gasteiger partial charge in [0, 0.05) is 19.3 Å². The Bertz CT molecular complexity index is 1550. The Kier molecular flexibility index (Phi) is 67.2. The minimum atomic E-state index is -0.789. The van der Waals surface area contributed by atoms with Gasteiger partial charge in [0.25, 0.3) is 0 Å². The molecule has 0 bridgehead atoms. The Hall–Kier alpha value is -3.41. The fraction of sp³-hybridized carbons (Fsp3) is 0.776. The van der Waals surface area contributed by atoms with E-state index < -0.39 is 6.10 Å². The van der Waals surface area contributed by atoms with Gasteiger partial charge in [-0.25, -0.2) is 0 Å². The van der Waals surface area contributed by atoms with Crippen LogP contribution in [0, 0.1) is 0 Å². The predicted molar refractivity (Wildman–Crippen MR) is 358 cm³/mol. The lowest BCUT2D eigenvalue weighted by atomic mass is 10.0. The molecule has 0 rings (SSSR count). The third-order valence-corrected chi connectivity index (χ3v) is 15.6. The zero-order valence-corrected chi connectivity index (χ0v) is 54.5. The third-order valence-electron chi connectivity index (χ3n) is 15.6. The van der Waals surface area contributed by atoms with E-state index >= 15 is 0 Å². The smallest absolute Gasteiger partial charge is 0.306 e. The average Bonchev–Trinajstić information content (AvgIpc) is 3.47. The molecule has 1 atom stereocenters. The minimum absolute atomic E-state index is 0.0817. The highest BCUT2D eigenvalue weighted by Gasteiger charge is 2.19. The van der Waals surface area contributed by atoms with E-state index in [1.54, 1.807) is 0 Å². The predicted octanol–water partition coefficient (Wildman–Crippen LogP) is 24.6. The van der Waals surface area contributed by atoms with Gasteiger partial charge in [0.05, 0.1) is 0 Å². The lowest BCUT2D eigenvalue weighted by Gasteiger charge is -2.18. The van der Waals surface area contributed by atoms with E-state index in [-0.39, 0.29) is 31.1 Å². The van der Waals surface area contributed by atoms with Gasteiger partial charge in [-0.15, -0.1) is 0 Å². The summed E-state index contributed by atoms with van der Waals surface area (Å²) in [4.78, 5) is 38.5. The molecule has 0 heterocycles. The second kappa shape index (κ2) is 70.1. The maximum absolute atomic E-state index is 13.0. The second-order valence-electron chi connectivity index (χ2n) is 23.8. The number of unbranched alkanes of at least 4 members (excludes halogenated alkanes) is 40. The Balaban J connectivity index is 4.39. The van der Waals surface area contributed by atoms with Crippen LogP contribution >= 0.6 is 0 Å². The highest BCUT2D eigenvalue weighted by atomic mass is 16.6. The van der Waals surface area contributed by atoms with Crippen molar-refractivity contribution in [2.45, 2.75) is 367 Å². The van der Waals surface area contributed by atoms with E-state index in [2.05, 4.69) is 106 Å².